The number of benzene rings is 1. The number of carbonyl (C=O) groups is 1. The van der Waals surface area contributed by atoms with Gasteiger partial charge in [0.2, 0.25) is 5.91 Å². The number of fused-ring (bicyclic) bond motifs is 1. The maximum atomic E-state index is 11.0. The fraction of sp³-hybridized carbons (Fsp3) is 0.143. The molecule has 0 radical (unpaired) electrons. The molecule has 2 aromatic heterocycles. The monoisotopic (exact) mass is 287 g/mol. The lowest BCUT2D eigenvalue weighted by atomic mass is 10.1. The van der Waals surface area contributed by atoms with Gasteiger partial charge in [0.15, 0.2) is 4.96 Å². The summed E-state index contributed by atoms with van der Waals surface area (Å²) in [6, 6.07) is 7.26. The molecule has 3 aromatic rings. The van der Waals surface area contributed by atoms with Crippen LogP contribution < -0.4 is 5.73 Å². The number of imidazole rings is 1. The Labute approximate surface area is 119 Å². The molecule has 0 spiro atoms. The van der Waals surface area contributed by atoms with Gasteiger partial charge in [-0.25, -0.2) is 4.98 Å². The van der Waals surface area contributed by atoms with Crippen molar-refractivity contribution in [3.8, 4) is 0 Å². The number of aliphatic hydroxyl groups excluding tert-OH is 1. The summed E-state index contributed by atoms with van der Waals surface area (Å²) >= 11 is 1.59. The number of primary amides is 1. The van der Waals surface area contributed by atoms with Crippen molar-refractivity contribution in [3.05, 3.63) is 58.4 Å². The van der Waals surface area contributed by atoms with Crippen molar-refractivity contribution in [1.29, 1.82) is 0 Å². The molecule has 5 nitrogen and oxygen atoms in total. The van der Waals surface area contributed by atoms with Crippen LogP contribution in [0.25, 0.3) is 4.96 Å². The van der Waals surface area contributed by atoms with Gasteiger partial charge in [-0.3, -0.25) is 9.20 Å². The van der Waals surface area contributed by atoms with E-state index in [-0.39, 0.29) is 6.61 Å². The van der Waals surface area contributed by atoms with Crippen molar-refractivity contribution in [2.24, 2.45) is 5.73 Å². The summed E-state index contributed by atoms with van der Waals surface area (Å²) in [6.45, 7) is -0.0232. The van der Waals surface area contributed by atoms with Gasteiger partial charge in [0.05, 0.1) is 18.5 Å². The summed E-state index contributed by atoms with van der Waals surface area (Å²) in [4.78, 5) is 17.3. The quantitative estimate of drug-likeness (QED) is 0.764. The van der Waals surface area contributed by atoms with E-state index in [4.69, 9.17) is 5.73 Å². The second kappa shape index (κ2) is 5.07. The Bertz CT molecular complexity index is 758. The van der Waals surface area contributed by atoms with Crippen molar-refractivity contribution in [2.45, 2.75) is 13.0 Å². The summed E-state index contributed by atoms with van der Waals surface area (Å²) < 4.78 is 1.90. The van der Waals surface area contributed by atoms with Crippen LogP contribution in [0.1, 0.15) is 26.5 Å². The summed E-state index contributed by atoms with van der Waals surface area (Å²) in [7, 11) is 0. The lowest BCUT2D eigenvalue weighted by molar-refractivity contribution is 0.100. The Morgan fingerprint density at radius 1 is 1.35 bits per heavy atom. The fourth-order valence-electron chi connectivity index (χ4n) is 2.07. The summed E-state index contributed by atoms with van der Waals surface area (Å²) in [5, 5.41) is 9.21. The zero-order valence-corrected chi connectivity index (χ0v) is 11.4. The molecule has 102 valence electrons. The van der Waals surface area contributed by atoms with E-state index in [1.165, 1.54) is 0 Å². The molecular formula is C14H13N3O2S. The van der Waals surface area contributed by atoms with Gasteiger partial charge >= 0.3 is 0 Å². The van der Waals surface area contributed by atoms with Gasteiger partial charge in [-0.1, -0.05) is 12.1 Å². The number of nitrogens with two attached hydrogens (primary N) is 1. The first-order valence-electron chi connectivity index (χ1n) is 6.11. The van der Waals surface area contributed by atoms with Crippen LogP contribution in [0, 0.1) is 0 Å². The number of aliphatic hydroxyl groups is 1. The maximum Gasteiger partial charge on any atom is 0.248 e. The van der Waals surface area contributed by atoms with Crippen molar-refractivity contribution >= 4 is 22.2 Å². The topological polar surface area (TPSA) is 80.6 Å². The second-order valence-corrected chi connectivity index (χ2v) is 5.59. The molecule has 0 saturated heterocycles. The molecular weight excluding hydrogens is 274 g/mol. The minimum atomic E-state index is -0.418. The third kappa shape index (κ3) is 2.31. The van der Waals surface area contributed by atoms with Gasteiger partial charge in [0, 0.05) is 23.1 Å². The Morgan fingerprint density at radius 3 is 2.75 bits per heavy atom. The largest absolute Gasteiger partial charge is 0.390 e. The number of carbonyl (C=O) groups excluding carboxylic acids is 1. The summed E-state index contributed by atoms with van der Waals surface area (Å²) in [5.74, 6) is -0.418. The van der Waals surface area contributed by atoms with Gasteiger partial charge in [-0.05, 0) is 17.7 Å². The van der Waals surface area contributed by atoms with Gasteiger partial charge in [0.1, 0.15) is 0 Å². The van der Waals surface area contributed by atoms with E-state index in [9.17, 15) is 9.90 Å². The van der Waals surface area contributed by atoms with E-state index in [1.807, 2.05) is 22.7 Å². The lowest BCUT2D eigenvalue weighted by Crippen LogP contribution is -2.10. The number of nitrogens with zero attached hydrogens (tertiary/aromatic N) is 2. The van der Waals surface area contributed by atoms with E-state index >= 15 is 0 Å². The molecule has 0 unspecified atom stereocenters. The maximum absolute atomic E-state index is 11.0. The lowest BCUT2D eigenvalue weighted by Gasteiger charge is -2.00. The van der Waals surface area contributed by atoms with E-state index in [0.717, 1.165) is 27.5 Å². The summed E-state index contributed by atoms with van der Waals surface area (Å²) in [5.41, 5.74) is 7.61. The molecule has 0 bridgehead atoms. The van der Waals surface area contributed by atoms with Crippen LogP contribution in [-0.4, -0.2) is 20.4 Å². The van der Waals surface area contributed by atoms with Gasteiger partial charge < -0.3 is 10.8 Å². The Hall–Kier alpha value is -2.18. The molecule has 0 fully saturated rings. The molecule has 0 aliphatic rings. The molecule has 1 aromatic carbocycles. The van der Waals surface area contributed by atoms with Crippen LogP contribution in [-0.2, 0) is 13.0 Å². The van der Waals surface area contributed by atoms with E-state index in [0.29, 0.717) is 5.56 Å². The van der Waals surface area contributed by atoms with Gasteiger partial charge in [0.25, 0.3) is 0 Å². The number of thiazole rings is 1. The number of rotatable bonds is 4. The Morgan fingerprint density at radius 2 is 2.10 bits per heavy atom. The SMILES string of the molecule is NC(=O)c1ccc(Cc2cn3c(CO)cnc3s2)cc1. The minimum absolute atomic E-state index is 0.0232. The highest BCUT2D eigenvalue weighted by atomic mass is 32.1. The first kappa shape index (κ1) is 12.8. The minimum Gasteiger partial charge on any atom is -0.390 e. The highest BCUT2D eigenvalue weighted by Crippen LogP contribution is 2.21. The number of amides is 1. The average Bonchev–Trinajstić information content (AvgIpc) is 2.98. The van der Waals surface area contributed by atoms with Crippen molar-refractivity contribution in [2.75, 3.05) is 0 Å². The highest BCUT2D eigenvalue weighted by Gasteiger charge is 2.08. The molecule has 2 heterocycles. The normalized spacial score (nSPS) is 11.1. The van der Waals surface area contributed by atoms with Crippen LogP contribution in [0.2, 0.25) is 0 Å². The molecule has 0 aliphatic heterocycles. The van der Waals surface area contributed by atoms with Crippen LogP contribution in [0.3, 0.4) is 0 Å². The first-order chi connectivity index (χ1) is 9.67. The average molecular weight is 287 g/mol. The number of hydrogen-bond acceptors (Lipinski definition) is 4. The zero-order valence-electron chi connectivity index (χ0n) is 10.6. The molecule has 1 amide bonds. The highest BCUT2D eigenvalue weighted by molar-refractivity contribution is 7.17. The van der Waals surface area contributed by atoms with Gasteiger partial charge in [-0.15, -0.1) is 11.3 Å². The van der Waals surface area contributed by atoms with Crippen molar-refractivity contribution < 1.29 is 9.90 Å². The van der Waals surface area contributed by atoms with Crippen LogP contribution in [0.4, 0.5) is 0 Å². The predicted octanol–water partition coefficient (Wildman–Crippen LogP) is 1.58. The molecule has 0 saturated carbocycles. The van der Waals surface area contributed by atoms with Crippen LogP contribution >= 0.6 is 11.3 Å². The van der Waals surface area contributed by atoms with E-state index in [2.05, 4.69) is 4.98 Å². The Kier molecular flexibility index (Phi) is 3.25. The third-order valence-electron chi connectivity index (χ3n) is 3.11. The molecule has 6 heteroatoms. The molecule has 0 aliphatic carbocycles. The molecule has 0 atom stereocenters. The van der Waals surface area contributed by atoms with E-state index in [1.54, 1.807) is 29.7 Å². The van der Waals surface area contributed by atoms with Crippen LogP contribution in [0.15, 0.2) is 36.7 Å². The fourth-order valence-corrected chi connectivity index (χ4v) is 3.07. The van der Waals surface area contributed by atoms with Crippen molar-refractivity contribution in [1.82, 2.24) is 9.38 Å². The Balaban J connectivity index is 1.85. The predicted molar refractivity (Wildman–Crippen MR) is 76.8 cm³/mol. The van der Waals surface area contributed by atoms with Crippen LogP contribution in [0.5, 0.6) is 0 Å². The smallest absolute Gasteiger partial charge is 0.248 e. The van der Waals surface area contributed by atoms with E-state index < -0.39 is 5.91 Å². The first-order valence-corrected chi connectivity index (χ1v) is 6.93. The second-order valence-electron chi connectivity index (χ2n) is 4.50. The zero-order chi connectivity index (χ0) is 14.1. The van der Waals surface area contributed by atoms with Gasteiger partial charge in [-0.2, -0.15) is 0 Å². The van der Waals surface area contributed by atoms with Crippen molar-refractivity contribution in [3.63, 3.8) is 0 Å². The number of hydrogen-bond donors (Lipinski definition) is 2. The molecule has 3 N–H and O–H groups in total. The third-order valence-corrected chi connectivity index (χ3v) is 4.11. The standard InChI is InChI=1S/C14H13N3O2S/c15-13(19)10-3-1-9(2-4-10)5-12-7-17-11(8-18)6-16-14(17)20-12/h1-4,6-7,18H,5,8H2,(H2,15,19). The number of aromatic nitrogens is 2. The summed E-state index contributed by atoms with van der Waals surface area (Å²) in [6.07, 6.45) is 4.43. The molecule has 3 rings (SSSR count). The molecule has 20 heavy (non-hydrogen) atoms.